The monoisotopic (exact) mass is 404 g/mol. The van der Waals surface area contributed by atoms with Gasteiger partial charge in [0.1, 0.15) is 5.56 Å². The lowest BCUT2D eigenvalue weighted by Crippen LogP contribution is -2.17. The molecular formula is C19H22F2N6O2. The van der Waals surface area contributed by atoms with E-state index < -0.39 is 18.0 Å². The molecule has 8 nitrogen and oxygen atoms in total. The summed E-state index contributed by atoms with van der Waals surface area (Å²) in [5.41, 5.74) is 0.00215. The van der Waals surface area contributed by atoms with Crippen LogP contribution in [0.25, 0.3) is 5.65 Å². The molecule has 10 heteroatoms. The molecule has 4 rings (SSSR count). The van der Waals surface area contributed by atoms with Crippen molar-refractivity contribution in [1.82, 2.24) is 24.4 Å². The number of methoxy groups -OCH3 is 1. The topological polar surface area (TPSA) is 86.3 Å². The Labute approximate surface area is 165 Å². The van der Waals surface area contributed by atoms with E-state index in [0.717, 1.165) is 25.7 Å². The van der Waals surface area contributed by atoms with Crippen molar-refractivity contribution in [1.29, 1.82) is 0 Å². The number of amides is 1. The van der Waals surface area contributed by atoms with Gasteiger partial charge in [0.15, 0.2) is 11.3 Å². The summed E-state index contributed by atoms with van der Waals surface area (Å²) in [7, 11) is 1.46. The number of anilines is 1. The van der Waals surface area contributed by atoms with Crippen molar-refractivity contribution in [2.24, 2.45) is 5.92 Å². The van der Waals surface area contributed by atoms with Gasteiger partial charge in [0.25, 0.3) is 12.3 Å². The number of hydrogen-bond donors (Lipinski definition) is 1. The molecule has 1 aliphatic rings. The Morgan fingerprint density at radius 2 is 2.07 bits per heavy atom. The molecule has 0 aromatic carbocycles. The highest BCUT2D eigenvalue weighted by atomic mass is 19.3. The van der Waals surface area contributed by atoms with Crippen LogP contribution in [0.15, 0.2) is 24.7 Å². The fraction of sp³-hybridized carbons (Fsp3) is 0.474. The molecule has 0 radical (unpaired) electrons. The Morgan fingerprint density at radius 1 is 1.31 bits per heavy atom. The minimum absolute atomic E-state index is 0.00543. The predicted molar refractivity (Wildman–Crippen MR) is 101 cm³/mol. The van der Waals surface area contributed by atoms with Gasteiger partial charge in [0, 0.05) is 18.5 Å². The summed E-state index contributed by atoms with van der Waals surface area (Å²) in [6.45, 7) is 2.19. The maximum atomic E-state index is 13.5. The number of hydrogen-bond acceptors (Lipinski definition) is 5. The third-order valence-corrected chi connectivity index (χ3v) is 5.37. The second-order valence-electron chi connectivity index (χ2n) is 7.37. The van der Waals surface area contributed by atoms with Crippen molar-refractivity contribution in [3.63, 3.8) is 0 Å². The normalized spacial score (nSPS) is 19.6. The number of ether oxygens (including phenoxy) is 1. The zero-order valence-corrected chi connectivity index (χ0v) is 16.2. The molecule has 1 aliphatic carbocycles. The van der Waals surface area contributed by atoms with Gasteiger partial charge in [-0.25, -0.2) is 13.3 Å². The van der Waals surface area contributed by atoms with E-state index in [9.17, 15) is 13.6 Å². The number of aromatic nitrogens is 5. The summed E-state index contributed by atoms with van der Waals surface area (Å²) in [4.78, 5) is 17.0. The van der Waals surface area contributed by atoms with Crippen molar-refractivity contribution in [2.75, 3.05) is 12.4 Å². The summed E-state index contributed by atoms with van der Waals surface area (Å²) in [5, 5.41) is 10.7. The van der Waals surface area contributed by atoms with E-state index in [0.29, 0.717) is 11.8 Å². The average molecular weight is 404 g/mol. The molecule has 0 spiro atoms. The lowest BCUT2D eigenvalue weighted by molar-refractivity contribution is 0.102. The number of halogens is 2. The molecular weight excluding hydrogens is 382 g/mol. The van der Waals surface area contributed by atoms with E-state index in [-0.39, 0.29) is 22.9 Å². The van der Waals surface area contributed by atoms with Gasteiger partial charge in [-0.05, 0) is 31.6 Å². The van der Waals surface area contributed by atoms with Crippen LogP contribution in [0.2, 0.25) is 0 Å². The average Bonchev–Trinajstić information content (AvgIpc) is 3.32. The Bertz CT molecular complexity index is 1020. The van der Waals surface area contributed by atoms with Gasteiger partial charge < -0.3 is 10.1 Å². The Morgan fingerprint density at radius 3 is 2.76 bits per heavy atom. The van der Waals surface area contributed by atoms with E-state index in [1.165, 1.54) is 24.0 Å². The van der Waals surface area contributed by atoms with Crippen LogP contribution in [-0.2, 0) is 0 Å². The van der Waals surface area contributed by atoms with Gasteiger partial charge in [-0.15, -0.1) is 0 Å². The summed E-state index contributed by atoms with van der Waals surface area (Å²) < 4.78 is 35.1. The molecule has 0 saturated heterocycles. The highest BCUT2D eigenvalue weighted by molar-refractivity contribution is 6.08. The molecule has 3 aromatic rings. The van der Waals surface area contributed by atoms with E-state index in [4.69, 9.17) is 4.74 Å². The van der Waals surface area contributed by atoms with Crippen LogP contribution >= 0.6 is 0 Å². The van der Waals surface area contributed by atoms with Crippen LogP contribution in [0.5, 0.6) is 5.88 Å². The zero-order valence-electron chi connectivity index (χ0n) is 16.2. The van der Waals surface area contributed by atoms with Gasteiger partial charge in [0.05, 0.1) is 25.0 Å². The summed E-state index contributed by atoms with van der Waals surface area (Å²) in [6.07, 6.45) is 5.48. The first kappa shape index (κ1) is 19.3. The Kier molecular flexibility index (Phi) is 5.16. The van der Waals surface area contributed by atoms with Crippen molar-refractivity contribution in [3.05, 3.63) is 35.9 Å². The molecule has 1 saturated carbocycles. The van der Waals surface area contributed by atoms with E-state index in [2.05, 4.69) is 27.4 Å². The highest BCUT2D eigenvalue weighted by Crippen LogP contribution is 2.34. The standard InChI is InChI=1S/C19H22F2N6O2/c1-11-3-5-12(6-4-11)27-10-14(16(25-27)17(20)21)23-19(28)13-9-22-26-8-7-15(29-2)24-18(13)26/h7-12,17H,3-6H2,1-2H3,(H,23,28). The number of nitrogens with zero attached hydrogens (tertiary/aromatic N) is 5. The van der Waals surface area contributed by atoms with Crippen molar-refractivity contribution >= 4 is 17.2 Å². The number of nitrogens with one attached hydrogen (secondary N) is 1. The number of rotatable bonds is 5. The molecule has 0 aliphatic heterocycles. The quantitative estimate of drug-likeness (QED) is 0.698. The number of alkyl halides is 2. The largest absolute Gasteiger partial charge is 0.481 e. The Balaban J connectivity index is 1.61. The van der Waals surface area contributed by atoms with Crippen LogP contribution in [0.1, 0.15) is 61.1 Å². The molecule has 1 amide bonds. The van der Waals surface area contributed by atoms with Gasteiger partial charge in [-0.3, -0.25) is 9.48 Å². The van der Waals surface area contributed by atoms with Crippen LogP contribution in [0.3, 0.4) is 0 Å². The molecule has 3 heterocycles. The van der Waals surface area contributed by atoms with Gasteiger partial charge in [0.2, 0.25) is 5.88 Å². The third kappa shape index (κ3) is 3.79. The van der Waals surface area contributed by atoms with Crippen LogP contribution < -0.4 is 10.1 Å². The molecule has 154 valence electrons. The molecule has 0 unspecified atom stereocenters. The van der Waals surface area contributed by atoms with Crippen molar-refractivity contribution < 1.29 is 18.3 Å². The minimum Gasteiger partial charge on any atom is -0.481 e. The number of carbonyl (C=O) groups excluding carboxylic acids is 1. The van der Waals surface area contributed by atoms with Gasteiger partial charge in [-0.2, -0.15) is 15.2 Å². The first-order valence-corrected chi connectivity index (χ1v) is 9.53. The van der Waals surface area contributed by atoms with E-state index in [1.54, 1.807) is 16.9 Å². The first-order chi connectivity index (χ1) is 14.0. The third-order valence-electron chi connectivity index (χ3n) is 5.37. The van der Waals surface area contributed by atoms with E-state index in [1.807, 2.05) is 0 Å². The zero-order chi connectivity index (χ0) is 20.5. The summed E-state index contributed by atoms with van der Waals surface area (Å²) >= 11 is 0. The summed E-state index contributed by atoms with van der Waals surface area (Å²) in [5.74, 6) is 0.370. The fourth-order valence-corrected chi connectivity index (χ4v) is 3.67. The van der Waals surface area contributed by atoms with Gasteiger partial charge >= 0.3 is 0 Å². The molecule has 3 aromatic heterocycles. The van der Waals surface area contributed by atoms with Crippen molar-refractivity contribution in [2.45, 2.75) is 45.1 Å². The maximum Gasteiger partial charge on any atom is 0.284 e. The molecule has 29 heavy (non-hydrogen) atoms. The molecule has 1 N–H and O–H groups in total. The lowest BCUT2D eigenvalue weighted by Gasteiger charge is -2.26. The van der Waals surface area contributed by atoms with Gasteiger partial charge in [-0.1, -0.05) is 6.92 Å². The first-order valence-electron chi connectivity index (χ1n) is 9.53. The second kappa shape index (κ2) is 7.76. The minimum atomic E-state index is -2.80. The van der Waals surface area contributed by atoms with Crippen molar-refractivity contribution in [3.8, 4) is 5.88 Å². The summed E-state index contributed by atoms with van der Waals surface area (Å²) in [6, 6.07) is 1.67. The Hall–Kier alpha value is -3.04. The predicted octanol–water partition coefficient (Wildman–Crippen LogP) is 3.88. The van der Waals surface area contributed by atoms with Crippen LogP contribution in [-0.4, -0.2) is 37.4 Å². The maximum absolute atomic E-state index is 13.5. The fourth-order valence-electron chi connectivity index (χ4n) is 3.67. The smallest absolute Gasteiger partial charge is 0.284 e. The van der Waals surface area contributed by atoms with E-state index >= 15 is 0 Å². The molecule has 0 bridgehead atoms. The SMILES string of the molecule is COc1ccn2ncc(C(=O)Nc3cn(C4CCC(C)CC4)nc3C(F)F)c2n1. The lowest BCUT2D eigenvalue weighted by atomic mass is 9.87. The highest BCUT2D eigenvalue weighted by Gasteiger charge is 2.26. The molecule has 0 atom stereocenters. The molecule has 1 fully saturated rings. The number of carbonyl (C=O) groups is 1. The van der Waals surface area contributed by atoms with Crippen LogP contribution in [0.4, 0.5) is 14.5 Å². The second-order valence-corrected chi connectivity index (χ2v) is 7.37. The number of fused-ring (bicyclic) bond motifs is 1. The van der Waals surface area contributed by atoms with Crippen LogP contribution in [0, 0.1) is 5.92 Å².